The van der Waals surface area contributed by atoms with E-state index >= 15 is 0 Å². The summed E-state index contributed by atoms with van der Waals surface area (Å²) in [7, 11) is 1.47. The number of methoxy groups -OCH3 is 1. The largest absolute Gasteiger partial charge is 0.497 e. The minimum absolute atomic E-state index is 0.324. The molecule has 0 radical (unpaired) electrons. The smallest absolute Gasteiger partial charge is 0.418 e. The molecule has 2 aromatic carbocycles. The number of alkyl halides is 3. The van der Waals surface area contributed by atoms with Gasteiger partial charge in [0.2, 0.25) is 5.91 Å². The van der Waals surface area contributed by atoms with Crippen LogP contribution in [-0.2, 0) is 20.6 Å². The summed E-state index contributed by atoms with van der Waals surface area (Å²) in [5.41, 5.74) is -1.15. The Morgan fingerprint density at radius 3 is 2.18 bits per heavy atom. The fraction of sp³-hybridized carbons (Fsp3) is 0.167. The molecule has 0 aliphatic rings. The van der Waals surface area contributed by atoms with Crippen molar-refractivity contribution < 1.29 is 32.3 Å². The van der Waals surface area contributed by atoms with E-state index in [4.69, 9.17) is 4.74 Å². The van der Waals surface area contributed by atoms with Crippen molar-refractivity contribution in [2.75, 3.05) is 24.3 Å². The van der Waals surface area contributed by atoms with Crippen LogP contribution in [0.5, 0.6) is 5.75 Å². The molecule has 0 fully saturated rings. The van der Waals surface area contributed by atoms with Crippen LogP contribution in [0.15, 0.2) is 48.5 Å². The van der Waals surface area contributed by atoms with Gasteiger partial charge < -0.3 is 20.7 Å². The Kier molecular flexibility index (Phi) is 6.59. The van der Waals surface area contributed by atoms with Gasteiger partial charge in [0, 0.05) is 5.69 Å². The van der Waals surface area contributed by atoms with E-state index in [2.05, 4.69) is 10.6 Å². The molecule has 2 rings (SSSR count). The lowest BCUT2D eigenvalue weighted by Crippen LogP contribution is -2.40. The molecule has 3 amide bonds. The third-order valence-electron chi connectivity index (χ3n) is 3.47. The molecule has 0 aliphatic heterocycles. The van der Waals surface area contributed by atoms with Crippen LogP contribution >= 0.6 is 0 Å². The highest BCUT2D eigenvalue weighted by molar-refractivity contribution is 6.39. The standard InChI is InChI=1S/C18H16F3N3O4/c1-28-12-8-6-11(7-9-12)23-17(27)16(26)22-10-15(25)24-14-5-3-2-4-13(14)18(19,20)21/h2-9H,10H2,1H3,(H,22,26)(H,23,27)(H,24,25). The summed E-state index contributed by atoms with van der Waals surface area (Å²) in [5.74, 6) is -2.51. The number of benzene rings is 2. The molecule has 0 unspecified atom stereocenters. The fourth-order valence-electron chi connectivity index (χ4n) is 2.14. The molecule has 10 heteroatoms. The van der Waals surface area contributed by atoms with Gasteiger partial charge in [-0.2, -0.15) is 13.2 Å². The van der Waals surface area contributed by atoms with Crippen molar-refractivity contribution in [2.24, 2.45) is 0 Å². The molecule has 148 valence electrons. The molecule has 0 heterocycles. The van der Waals surface area contributed by atoms with Crippen LogP contribution in [0.3, 0.4) is 0 Å². The zero-order valence-corrected chi connectivity index (χ0v) is 14.6. The Hall–Kier alpha value is -3.56. The van der Waals surface area contributed by atoms with Gasteiger partial charge in [0.25, 0.3) is 0 Å². The van der Waals surface area contributed by atoms with Gasteiger partial charge in [-0.25, -0.2) is 0 Å². The first-order valence-electron chi connectivity index (χ1n) is 7.90. The molecule has 28 heavy (non-hydrogen) atoms. The summed E-state index contributed by atoms with van der Waals surface area (Å²) < 4.78 is 43.6. The second kappa shape index (κ2) is 8.89. The zero-order valence-electron chi connectivity index (χ0n) is 14.6. The number of hydrogen-bond donors (Lipinski definition) is 3. The zero-order chi connectivity index (χ0) is 20.7. The molecule has 7 nitrogen and oxygen atoms in total. The molecule has 0 aliphatic carbocycles. The molecule has 3 N–H and O–H groups in total. The van der Waals surface area contributed by atoms with Crippen molar-refractivity contribution in [2.45, 2.75) is 6.18 Å². The van der Waals surface area contributed by atoms with Gasteiger partial charge in [0.15, 0.2) is 0 Å². The van der Waals surface area contributed by atoms with E-state index in [0.29, 0.717) is 11.4 Å². The van der Waals surface area contributed by atoms with Crippen molar-refractivity contribution in [3.8, 4) is 5.75 Å². The molecule has 0 spiro atoms. The molecule has 0 bridgehead atoms. The number of para-hydroxylation sites is 1. The molecule has 0 saturated heterocycles. The summed E-state index contributed by atoms with van der Waals surface area (Å²) in [6, 6.07) is 10.6. The summed E-state index contributed by atoms with van der Waals surface area (Å²) >= 11 is 0. The number of anilines is 2. The van der Waals surface area contributed by atoms with Crippen LogP contribution in [0.25, 0.3) is 0 Å². The Morgan fingerprint density at radius 2 is 1.57 bits per heavy atom. The van der Waals surface area contributed by atoms with Crippen molar-refractivity contribution >= 4 is 29.1 Å². The average Bonchev–Trinajstić information content (AvgIpc) is 2.66. The van der Waals surface area contributed by atoms with E-state index in [1.165, 1.54) is 31.4 Å². The van der Waals surface area contributed by atoms with Crippen LogP contribution in [-0.4, -0.2) is 31.4 Å². The monoisotopic (exact) mass is 395 g/mol. The van der Waals surface area contributed by atoms with Gasteiger partial charge >= 0.3 is 18.0 Å². The van der Waals surface area contributed by atoms with Crippen molar-refractivity contribution in [1.29, 1.82) is 0 Å². The first-order chi connectivity index (χ1) is 13.2. The van der Waals surface area contributed by atoms with E-state index < -0.39 is 41.7 Å². The lowest BCUT2D eigenvalue weighted by molar-refractivity contribution is -0.137. The highest BCUT2D eigenvalue weighted by Crippen LogP contribution is 2.34. The second-order valence-electron chi connectivity index (χ2n) is 5.46. The highest BCUT2D eigenvalue weighted by atomic mass is 19.4. The SMILES string of the molecule is COc1ccc(NC(=O)C(=O)NCC(=O)Nc2ccccc2C(F)(F)F)cc1. The van der Waals surface area contributed by atoms with Crippen LogP contribution in [0.1, 0.15) is 5.56 Å². The number of nitrogens with one attached hydrogen (secondary N) is 3. The number of ether oxygens (including phenoxy) is 1. The number of halogens is 3. The predicted octanol–water partition coefficient (Wildman–Crippen LogP) is 2.41. The third-order valence-corrected chi connectivity index (χ3v) is 3.47. The van der Waals surface area contributed by atoms with E-state index in [-0.39, 0.29) is 0 Å². The van der Waals surface area contributed by atoms with E-state index in [1.807, 2.05) is 5.32 Å². The number of carbonyl (C=O) groups is 3. The number of hydrogen-bond acceptors (Lipinski definition) is 4. The van der Waals surface area contributed by atoms with E-state index in [1.54, 1.807) is 12.1 Å². The second-order valence-corrected chi connectivity index (χ2v) is 5.46. The molecule has 0 saturated carbocycles. The topological polar surface area (TPSA) is 96.5 Å². The minimum Gasteiger partial charge on any atom is -0.497 e. The summed E-state index contributed by atoms with van der Waals surface area (Å²) in [6.07, 6.45) is -4.65. The number of rotatable bonds is 5. The number of amides is 3. The van der Waals surface area contributed by atoms with Gasteiger partial charge in [-0.1, -0.05) is 12.1 Å². The van der Waals surface area contributed by atoms with Crippen molar-refractivity contribution in [3.63, 3.8) is 0 Å². The molecular formula is C18H16F3N3O4. The number of carbonyl (C=O) groups excluding carboxylic acids is 3. The van der Waals surface area contributed by atoms with Gasteiger partial charge in [0.1, 0.15) is 5.75 Å². The van der Waals surface area contributed by atoms with Crippen molar-refractivity contribution in [1.82, 2.24) is 5.32 Å². The van der Waals surface area contributed by atoms with Gasteiger partial charge in [-0.15, -0.1) is 0 Å². The van der Waals surface area contributed by atoms with Crippen LogP contribution in [0.4, 0.5) is 24.5 Å². The molecule has 0 atom stereocenters. The maximum Gasteiger partial charge on any atom is 0.418 e. The molecule has 0 aromatic heterocycles. The van der Waals surface area contributed by atoms with Gasteiger partial charge in [-0.3, -0.25) is 14.4 Å². The summed E-state index contributed by atoms with van der Waals surface area (Å²) in [4.78, 5) is 35.3. The third kappa shape index (κ3) is 5.73. The van der Waals surface area contributed by atoms with E-state index in [0.717, 1.165) is 12.1 Å². The van der Waals surface area contributed by atoms with E-state index in [9.17, 15) is 27.6 Å². The predicted molar refractivity (Wildman–Crippen MR) is 94.7 cm³/mol. The Morgan fingerprint density at radius 1 is 0.929 bits per heavy atom. The lowest BCUT2D eigenvalue weighted by Gasteiger charge is -2.13. The van der Waals surface area contributed by atoms with Gasteiger partial charge in [-0.05, 0) is 36.4 Å². The van der Waals surface area contributed by atoms with Crippen LogP contribution < -0.4 is 20.7 Å². The normalized spacial score (nSPS) is 10.7. The first kappa shape index (κ1) is 20.7. The summed E-state index contributed by atoms with van der Waals surface area (Å²) in [6.45, 7) is -0.680. The lowest BCUT2D eigenvalue weighted by atomic mass is 10.1. The molecular weight excluding hydrogens is 379 g/mol. The maximum absolute atomic E-state index is 12.9. The Balaban J connectivity index is 1.88. The van der Waals surface area contributed by atoms with Crippen molar-refractivity contribution in [3.05, 3.63) is 54.1 Å². The highest BCUT2D eigenvalue weighted by Gasteiger charge is 2.33. The maximum atomic E-state index is 12.9. The summed E-state index contributed by atoms with van der Waals surface area (Å²) in [5, 5.41) is 6.40. The Bertz CT molecular complexity index is 867. The van der Waals surface area contributed by atoms with Crippen LogP contribution in [0.2, 0.25) is 0 Å². The first-order valence-corrected chi connectivity index (χ1v) is 7.90. The minimum atomic E-state index is -4.65. The molecule has 2 aromatic rings. The Labute approximate surface area is 157 Å². The fourth-order valence-corrected chi connectivity index (χ4v) is 2.14. The average molecular weight is 395 g/mol. The quantitative estimate of drug-likeness (QED) is 0.678. The van der Waals surface area contributed by atoms with Crippen LogP contribution in [0, 0.1) is 0 Å². The van der Waals surface area contributed by atoms with Gasteiger partial charge in [0.05, 0.1) is 24.9 Å².